The fourth-order valence-electron chi connectivity index (χ4n) is 2.33. The molecule has 2 fully saturated rings. The van der Waals surface area contributed by atoms with Gasteiger partial charge in [0.15, 0.2) is 0 Å². The maximum absolute atomic E-state index is 12.9. The minimum absolute atomic E-state index is 0.486. The second-order valence-electron chi connectivity index (χ2n) is 4.29. The number of anilines is 1. The van der Waals surface area contributed by atoms with Crippen LogP contribution in [0.15, 0.2) is 18.2 Å². The lowest BCUT2D eigenvalue weighted by Gasteiger charge is -2.20. The van der Waals surface area contributed by atoms with Crippen LogP contribution in [0.3, 0.4) is 0 Å². The fraction of sp³-hybridized carbons (Fsp3) is 0.455. The van der Waals surface area contributed by atoms with Gasteiger partial charge in [-0.25, -0.2) is 8.78 Å². The first-order chi connectivity index (χ1) is 6.72. The van der Waals surface area contributed by atoms with Crippen molar-refractivity contribution in [1.82, 2.24) is 0 Å². The normalized spacial score (nSPS) is 29.1. The summed E-state index contributed by atoms with van der Waals surface area (Å²) in [4.78, 5) is 2.07. The maximum Gasteiger partial charge on any atom is 0.128 e. The summed E-state index contributed by atoms with van der Waals surface area (Å²) in [5.74, 6) is 0.587. The van der Waals surface area contributed by atoms with Gasteiger partial charge < -0.3 is 4.90 Å². The Balaban J connectivity index is 1.88. The molecule has 1 aromatic rings. The topological polar surface area (TPSA) is 3.24 Å². The SMILES string of the molecule is Fc1cc(F)cc(N2C[C@H]3C[C@H]3C2)c1. The summed E-state index contributed by atoms with van der Waals surface area (Å²) >= 11 is 0. The molecule has 0 N–H and O–H groups in total. The van der Waals surface area contributed by atoms with E-state index in [4.69, 9.17) is 0 Å². The van der Waals surface area contributed by atoms with Crippen LogP contribution in [0.2, 0.25) is 0 Å². The van der Waals surface area contributed by atoms with E-state index in [2.05, 4.69) is 4.90 Å². The van der Waals surface area contributed by atoms with Crippen LogP contribution in [-0.4, -0.2) is 13.1 Å². The van der Waals surface area contributed by atoms with Crippen molar-refractivity contribution in [3.63, 3.8) is 0 Å². The Kier molecular flexibility index (Phi) is 1.58. The van der Waals surface area contributed by atoms with Crippen LogP contribution in [0, 0.1) is 23.5 Å². The maximum atomic E-state index is 12.9. The van der Waals surface area contributed by atoms with E-state index in [0.717, 1.165) is 31.0 Å². The zero-order valence-corrected chi connectivity index (χ0v) is 7.71. The third-order valence-electron chi connectivity index (χ3n) is 3.19. The number of fused-ring (bicyclic) bond motifs is 1. The summed E-state index contributed by atoms with van der Waals surface area (Å²) in [5, 5.41) is 0. The number of nitrogens with zero attached hydrogens (tertiary/aromatic N) is 1. The molecule has 0 bridgehead atoms. The van der Waals surface area contributed by atoms with Crippen LogP contribution >= 0.6 is 0 Å². The molecule has 0 aromatic heterocycles. The molecule has 2 atom stereocenters. The van der Waals surface area contributed by atoms with Crippen molar-refractivity contribution in [2.75, 3.05) is 18.0 Å². The molecule has 2 aliphatic rings. The second kappa shape index (κ2) is 2.69. The Morgan fingerprint density at radius 1 is 1.00 bits per heavy atom. The number of piperidine rings is 1. The Bertz CT molecular complexity index is 347. The summed E-state index contributed by atoms with van der Waals surface area (Å²) in [6, 6.07) is 3.74. The zero-order valence-electron chi connectivity index (χ0n) is 7.71. The summed E-state index contributed by atoms with van der Waals surface area (Å²) in [7, 11) is 0. The largest absolute Gasteiger partial charge is 0.371 e. The minimum Gasteiger partial charge on any atom is -0.371 e. The first kappa shape index (κ1) is 8.21. The molecule has 1 aliphatic carbocycles. The van der Waals surface area contributed by atoms with Gasteiger partial charge in [-0.05, 0) is 30.4 Å². The van der Waals surface area contributed by atoms with E-state index in [1.165, 1.54) is 18.6 Å². The van der Waals surface area contributed by atoms with Crippen molar-refractivity contribution >= 4 is 5.69 Å². The van der Waals surface area contributed by atoms with E-state index in [1.54, 1.807) is 0 Å². The molecule has 0 radical (unpaired) electrons. The van der Waals surface area contributed by atoms with E-state index >= 15 is 0 Å². The Labute approximate surface area is 81.3 Å². The lowest BCUT2D eigenvalue weighted by atomic mass is 10.2. The number of hydrogen-bond acceptors (Lipinski definition) is 1. The summed E-state index contributed by atoms with van der Waals surface area (Å²) < 4.78 is 25.8. The highest BCUT2D eigenvalue weighted by Crippen LogP contribution is 2.46. The zero-order chi connectivity index (χ0) is 9.71. The lowest BCUT2D eigenvalue weighted by Crippen LogP contribution is -2.21. The Morgan fingerprint density at radius 3 is 2.14 bits per heavy atom. The van der Waals surface area contributed by atoms with E-state index in [0.29, 0.717) is 5.69 Å². The van der Waals surface area contributed by atoms with E-state index < -0.39 is 11.6 Å². The van der Waals surface area contributed by atoms with Crippen LogP contribution in [0.4, 0.5) is 14.5 Å². The number of rotatable bonds is 1. The van der Waals surface area contributed by atoms with Crippen molar-refractivity contribution in [3.8, 4) is 0 Å². The predicted octanol–water partition coefficient (Wildman–Crippen LogP) is 2.42. The van der Waals surface area contributed by atoms with Crippen LogP contribution < -0.4 is 4.90 Å². The van der Waals surface area contributed by atoms with Crippen molar-refractivity contribution in [2.24, 2.45) is 11.8 Å². The van der Waals surface area contributed by atoms with Gasteiger partial charge in [0, 0.05) is 24.8 Å². The number of halogens is 2. The Hall–Kier alpha value is -1.12. The Morgan fingerprint density at radius 2 is 1.57 bits per heavy atom. The van der Waals surface area contributed by atoms with Crippen LogP contribution in [0.1, 0.15) is 6.42 Å². The van der Waals surface area contributed by atoms with E-state index in [1.807, 2.05) is 0 Å². The van der Waals surface area contributed by atoms with Crippen LogP contribution in [0.25, 0.3) is 0 Å². The molecule has 74 valence electrons. The highest BCUT2D eigenvalue weighted by atomic mass is 19.1. The molecule has 1 heterocycles. The van der Waals surface area contributed by atoms with Gasteiger partial charge in [0.1, 0.15) is 11.6 Å². The average molecular weight is 195 g/mol. The molecular weight excluding hydrogens is 184 g/mol. The first-order valence-corrected chi connectivity index (χ1v) is 4.93. The van der Waals surface area contributed by atoms with Crippen molar-refractivity contribution in [1.29, 1.82) is 0 Å². The van der Waals surface area contributed by atoms with E-state index in [-0.39, 0.29) is 0 Å². The molecule has 0 unspecified atom stereocenters. The van der Waals surface area contributed by atoms with Gasteiger partial charge in [-0.3, -0.25) is 0 Å². The smallest absolute Gasteiger partial charge is 0.128 e. The molecule has 0 amide bonds. The predicted molar refractivity (Wildman–Crippen MR) is 50.2 cm³/mol. The number of benzene rings is 1. The van der Waals surface area contributed by atoms with Gasteiger partial charge in [-0.1, -0.05) is 0 Å². The molecule has 3 heteroatoms. The lowest BCUT2D eigenvalue weighted by molar-refractivity contribution is 0.582. The highest BCUT2D eigenvalue weighted by molar-refractivity contribution is 5.49. The molecule has 1 saturated carbocycles. The molecule has 1 nitrogen and oxygen atoms in total. The molecule has 0 spiro atoms. The monoisotopic (exact) mass is 195 g/mol. The molecule has 3 rings (SSSR count). The second-order valence-corrected chi connectivity index (χ2v) is 4.29. The van der Waals surface area contributed by atoms with Crippen molar-refractivity contribution in [3.05, 3.63) is 29.8 Å². The van der Waals surface area contributed by atoms with Crippen molar-refractivity contribution < 1.29 is 8.78 Å². The highest BCUT2D eigenvalue weighted by Gasteiger charge is 2.45. The third kappa shape index (κ3) is 1.27. The van der Waals surface area contributed by atoms with Gasteiger partial charge >= 0.3 is 0 Å². The van der Waals surface area contributed by atoms with Gasteiger partial charge in [-0.2, -0.15) is 0 Å². The van der Waals surface area contributed by atoms with Gasteiger partial charge in [0.25, 0.3) is 0 Å². The van der Waals surface area contributed by atoms with E-state index in [9.17, 15) is 8.78 Å². The quantitative estimate of drug-likeness (QED) is 0.665. The summed E-state index contributed by atoms with van der Waals surface area (Å²) in [6.45, 7) is 1.93. The van der Waals surface area contributed by atoms with Crippen LogP contribution in [0.5, 0.6) is 0 Å². The van der Waals surface area contributed by atoms with Crippen molar-refractivity contribution in [2.45, 2.75) is 6.42 Å². The first-order valence-electron chi connectivity index (χ1n) is 4.93. The van der Waals surface area contributed by atoms with Crippen LogP contribution in [-0.2, 0) is 0 Å². The molecular formula is C11H11F2N. The van der Waals surface area contributed by atoms with Gasteiger partial charge in [0.05, 0.1) is 0 Å². The summed E-state index contributed by atoms with van der Waals surface area (Å²) in [6.07, 6.45) is 1.30. The third-order valence-corrected chi connectivity index (χ3v) is 3.19. The molecule has 14 heavy (non-hydrogen) atoms. The average Bonchev–Trinajstić information content (AvgIpc) is 2.72. The van der Waals surface area contributed by atoms with Gasteiger partial charge in [0.2, 0.25) is 0 Å². The minimum atomic E-state index is -0.486. The number of hydrogen-bond donors (Lipinski definition) is 0. The molecule has 1 saturated heterocycles. The summed E-state index contributed by atoms with van der Waals surface area (Å²) in [5.41, 5.74) is 0.690. The fourth-order valence-corrected chi connectivity index (χ4v) is 2.33. The van der Waals surface area contributed by atoms with Gasteiger partial charge in [-0.15, -0.1) is 0 Å². The standard InChI is InChI=1S/C11H11F2N/c12-9-2-10(13)4-11(3-9)14-5-7-1-8(7)6-14/h2-4,7-8H,1,5-6H2/t7-,8+. The molecule has 1 aromatic carbocycles. The molecule has 1 aliphatic heterocycles.